The molecule has 0 atom stereocenters. The number of rotatable bonds is 1. The van der Waals surface area contributed by atoms with Gasteiger partial charge in [-0.05, 0) is 35.4 Å². The van der Waals surface area contributed by atoms with Crippen LogP contribution in [0.15, 0.2) is 39.5 Å². The van der Waals surface area contributed by atoms with E-state index in [0.717, 1.165) is 39.8 Å². The third-order valence-electron chi connectivity index (χ3n) is 4.28. The van der Waals surface area contributed by atoms with Crippen molar-refractivity contribution < 1.29 is 13.9 Å². The Balaban J connectivity index is 2.23. The monoisotopic (exact) mass is 326 g/mol. The third-order valence-corrected chi connectivity index (χ3v) is 5.26. The molecule has 5 heteroatoms. The molecule has 0 radical (unpaired) electrons. The fraction of sp³-hybridized carbons (Fsp3) is 0.222. The highest BCUT2D eigenvalue weighted by Gasteiger charge is 2.24. The number of hydrogen-bond acceptors (Lipinski definition) is 5. The lowest BCUT2D eigenvalue weighted by molar-refractivity contribution is 0.0599. The normalized spacial score (nSPS) is 14.0. The van der Waals surface area contributed by atoms with Crippen LogP contribution in [-0.4, -0.2) is 18.8 Å². The van der Waals surface area contributed by atoms with Crippen LogP contribution in [0.4, 0.5) is 0 Å². The van der Waals surface area contributed by atoms with Crippen molar-refractivity contribution in [3.8, 4) is 0 Å². The molecule has 0 unspecified atom stereocenters. The molecule has 1 aromatic heterocycles. The van der Waals surface area contributed by atoms with Crippen LogP contribution in [0.25, 0.3) is 21.7 Å². The average molecular weight is 326 g/mol. The molecule has 116 valence electrons. The Hall–Kier alpha value is -2.27. The number of ether oxygens (including phenoxy) is 1. The summed E-state index contributed by atoms with van der Waals surface area (Å²) in [6.45, 7) is 0. The summed E-state index contributed by atoms with van der Waals surface area (Å²) in [5.41, 5.74) is 2.70. The second-order valence-electron chi connectivity index (χ2n) is 5.48. The lowest BCUT2D eigenvalue weighted by atomic mass is 9.92. The predicted octanol–water partition coefficient (Wildman–Crippen LogP) is 3.52. The zero-order valence-electron chi connectivity index (χ0n) is 12.5. The van der Waals surface area contributed by atoms with Gasteiger partial charge in [0.05, 0.1) is 18.1 Å². The first-order chi connectivity index (χ1) is 11.2. The van der Waals surface area contributed by atoms with Gasteiger partial charge in [0, 0.05) is 16.5 Å². The molecule has 2 aromatic carbocycles. The molecule has 0 N–H and O–H groups in total. The summed E-state index contributed by atoms with van der Waals surface area (Å²) in [6.07, 6.45) is 0.801. The zero-order valence-corrected chi connectivity index (χ0v) is 13.4. The van der Waals surface area contributed by atoms with Crippen molar-refractivity contribution in [1.29, 1.82) is 0 Å². The molecule has 2 heterocycles. The Bertz CT molecular complexity index is 1000. The molecule has 1 aliphatic rings. The minimum absolute atomic E-state index is 0.400. The topological polar surface area (TPSA) is 56.5 Å². The minimum Gasteiger partial charge on any atom is -0.465 e. The summed E-state index contributed by atoms with van der Waals surface area (Å²) >= 11 is 1.81. The van der Waals surface area contributed by atoms with E-state index in [1.165, 1.54) is 7.11 Å². The Morgan fingerprint density at radius 2 is 2.04 bits per heavy atom. The maximum atomic E-state index is 12.4. The number of carbonyl (C=O) groups excluding carboxylic acids is 1. The van der Waals surface area contributed by atoms with Gasteiger partial charge in [-0.3, -0.25) is 0 Å². The second-order valence-corrected chi connectivity index (χ2v) is 6.59. The summed E-state index contributed by atoms with van der Waals surface area (Å²) in [7, 11) is 1.36. The molecule has 0 saturated carbocycles. The summed E-state index contributed by atoms with van der Waals surface area (Å²) in [5, 5.41) is 2.27. The number of thioether (sulfide) groups is 1. The van der Waals surface area contributed by atoms with Crippen LogP contribution in [0.3, 0.4) is 0 Å². The molecule has 4 nitrogen and oxygen atoms in total. The number of esters is 1. The fourth-order valence-electron chi connectivity index (χ4n) is 3.25. The van der Waals surface area contributed by atoms with E-state index in [0.29, 0.717) is 16.5 Å². The van der Waals surface area contributed by atoms with Crippen LogP contribution in [0.5, 0.6) is 0 Å². The minimum atomic E-state index is -0.415. The van der Waals surface area contributed by atoms with Gasteiger partial charge >= 0.3 is 11.6 Å². The molecule has 0 fully saturated rings. The molecule has 4 rings (SSSR count). The van der Waals surface area contributed by atoms with Gasteiger partial charge in [0.15, 0.2) is 0 Å². The summed E-state index contributed by atoms with van der Waals surface area (Å²) in [5.74, 6) is 1.34. The standard InChI is InChI=1S/C18H14O4S/c1-21-17(19)12-8-13-16(14-9-23-7-6-10(12)14)11-4-2-3-5-15(11)22-18(13)20/h2-5,8H,6-7,9H2,1H3. The van der Waals surface area contributed by atoms with E-state index >= 15 is 0 Å². The van der Waals surface area contributed by atoms with E-state index in [1.807, 2.05) is 30.0 Å². The molecular formula is C18H14O4S. The van der Waals surface area contributed by atoms with E-state index < -0.39 is 11.6 Å². The van der Waals surface area contributed by atoms with E-state index in [-0.39, 0.29) is 0 Å². The number of hydrogen-bond donors (Lipinski definition) is 0. The highest BCUT2D eigenvalue weighted by molar-refractivity contribution is 7.98. The van der Waals surface area contributed by atoms with Gasteiger partial charge in [-0.1, -0.05) is 18.2 Å². The molecule has 3 aromatic rings. The number of carbonyl (C=O) groups is 1. The molecular weight excluding hydrogens is 312 g/mol. The maximum absolute atomic E-state index is 12.4. The quantitative estimate of drug-likeness (QED) is 0.389. The number of fused-ring (bicyclic) bond motifs is 5. The van der Waals surface area contributed by atoms with Gasteiger partial charge in [-0.25, -0.2) is 9.59 Å². The molecule has 23 heavy (non-hydrogen) atoms. The number of para-hydroxylation sites is 1. The molecule has 0 amide bonds. The van der Waals surface area contributed by atoms with Crippen LogP contribution in [0, 0.1) is 0 Å². The first-order valence-corrected chi connectivity index (χ1v) is 8.52. The van der Waals surface area contributed by atoms with Crippen molar-refractivity contribution in [2.75, 3.05) is 12.9 Å². The van der Waals surface area contributed by atoms with E-state index in [4.69, 9.17) is 9.15 Å². The molecule has 0 spiro atoms. The summed E-state index contributed by atoms with van der Waals surface area (Å²) < 4.78 is 10.3. The van der Waals surface area contributed by atoms with Crippen molar-refractivity contribution in [3.63, 3.8) is 0 Å². The highest BCUT2D eigenvalue weighted by atomic mass is 32.2. The first-order valence-electron chi connectivity index (χ1n) is 7.37. The van der Waals surface area contributed by atoms with Gasteiger partial charge in [-0.15, -0.1) is 0 Å². The molecule has 1 aliphatic heterocycles. The van der Waals surface area contributed by atoms with E-state index in [9.17, 15) is 9.59 Å². The molecule has 0 saturated heterocycles. The third kappa shape index (κ3) is 2.15. The van der Waals surface area contributed by atoms with Crippen LogP contribution >= 0.6 is 11.8 Å². The van der Waals surface area contributed by atoms with Gasteiger partial charge < -0.3 is 9.15 Å². The van der Waals surface area contributed by atoms with Crippen molar-refractivity contribution >= 4 is 39.5 Å². The average Bonchev–Trinajstić information content (AvgIpc) is 2.60. The SMILES string of the molecule is COC(=O)c1cc2c(=O)oc3ccccc3c2c2c1CCSC2. The lowest BCUT2D eigenvalue weighted by Crippen LogP contribution is -2.15. The van der Waals surface area contributed by atoms with E-state index in [2.05, 4.69) is 0 Å². The van der Waals surface area contributed by atoms with Gasteiger partial charge in [0.1, 0.15) is 5.58 Å². The molecule has 0 aliphatic carbocycles. The second kappa shape index (κ2) is 5.42. The first kappa shape index (κ1) is 14.3. The van der Waals surface area contributed by atoms with E-state index in [1.54, 1.807) is 12.1 Å². The Labute approximate surface area is 136 Å². The van der Waals surface area contributed by atoms with Gasteiger partial charge in [0.2, 0.25) is 0 Å². The van der Waals surface area contributed by atoms with Crippen molar-refractivity contribution in [2.45, 2.75) is 12.2 Å². The van der Waals surface area contributed by atoms with Crippen LogP contribution in [-0.2, 0) is 16.9 Å². The number of benzene rings is 2. The smallest absolute Gasteiger partial charge is 0.344 e. The van der Waals surface area contributed by atoms with Crippen molar-refractivity contribution in [1.82, 2.24) is 0 Å². The van der Waals surface area contributed by atoms with Gasteiger partial charge in [-0.2, -0.15) is 11.8 Å². The van der Waals surface area contributed by atoms with Crippen molar-refractivity contribution in [3.05, 3.63) is 57.4 Å². The molecule has 0 bridgehead atoms. The lowest BCUT2D eigenvalue weighted by Gasteiger charge is -2.21. The van der Waals surface area contributed by atoms with Gasteiger partial charge in [0.25, 0.3) is 0 Å². The zero-order chi connectivity index (χ0) is 16.0. The Morgan fingerprint density at radius 1 is 1.22 bits per heavy atom. The fourth-order valence-corrected chi connectivity index (χ4v) is 4.27. The van der Waals surface area contributed by atoms with Crippen LogP contribution in [0.2, 0.25) is 0 Å². The van der Waals surface area contributed by atoms with Crippen LogP contribution in [0.1, 0.15) is 21.5 Å². The highest BCUT2D eigenvalue weighted by Crippen LogP contribution is 2.36. The Morgan fingerprint density at radius 3 is 2.87 bits per heavy atom. The van der Waals surface area contributed by atoms with Crippen LogP contribution < -0.4 is 5.63 Å². The maximum Gasteiger partial charge on any atom is 0.344 e. The van der Waals surface area contributed by atoms with Crippen molar-refractivity contribution in [2.24, 2.45) is 0 Å². The number of methoxy groups -OCH3 is 1. The summed E-state index contributed by atoms with van der Waals surface area (Å²) in [4.78, 5) is 24.6. The summed E-state index contributed by atoms with van der Waals surface area (Å²) in [6, 6.07) is 9.17. The Kier molecular flexibility index (Phi) is 3.38. The largest absolute Gasteiger partial charge is 0.465 e. The predicted molar refractivity (Wildman–Crippen MR) is 91.2 cm³/mol.